The maximum atomic E-state index is 12.4. The number of carbonyl (C=O) groups excluding carboxylic acids is 1. The monoisotopic (exact) mass is 308 g/mol. The van der Waals surface area contributed by atoms with Crippen molar-refractivity contribution in [3.63, 3.8) is 0 Å². The molecule has 1 aliphatic rings. The minimum Gasteiger partial charge on any atom is -0.445 e. The van der Waals surface area contributed by atoms with Crippen LogP contribution in [0, 0.1) is 0 Å². The fourth-order valence-electron chi connectivity index (χ4n) is 2.91. The number of halogens is 1. The van der Waals surface area contributed by atoms with Crippen LogP contribution in [0.2, 0.25) is 0 Å². The van der Waals surface area contributed by atoms with Crippen molar-refractivity contribution < 1.29 is 13.9 Å². The zero-order chi connectivity index (χ0) is 15.8. The van der Waals surface area contributed by atoms with Gasteiger partial charge in [-0.2, -0.15) is 0 Å². The predicted molar refractivity (Wildman–Crippen MR) is 84.4 cm³/mol. The molecule has 0 aliphatic heterocycles. The number of rotatable bonds is 6. The summed E-state index contributed by atoms with van der Waals surface area (Å²) in [6.45, 7) is 0.476. The van der Waals surface area contributed by atoms with Gasteiger partial charge in [-0.1, -0.05) is 30.3 Å². The Morgan fingerprint density at radius 1 is 1.27 bits per heavy atom. The molecule has 0 atom stereocenters. The minimum atomic E-state index is -0.357. The number of ether oxygens (including phenoxy) is 1. The zero-order valence-corrected chi connectivity index (χ0v) is 13.1. The fraction of sp³-hybridized carbons (Fsp3) is 0.588. The Morgan fingerprint density at radius 2 is 1.95 bits per heavy atom. The van der Waals surface area contributed by atoms with Crippen LogP contribution in [-0.4, -0.2) is 43.3 Å². The molecular formula is C17H25FN2O2. The van der Waals surface area contributed by atoms with Crippen LogP contribution in [-0.2, 0) is 11.3 Å². The molecule has 1 aromatic rings. The van der Waals surface area contributed by atoms with Crippen molar-refractivity contribution in [2.45, 2.75) is 44.4 Å². The summed E-state index contributed by atoms with van der Waals surface area (Å²) in [5.41, 5.74) is 0.981. The highest BCUT2D eigenvalue weighted by atomic mass is 19.1. The van der Waals surface area contributed by atoms with Crippen molar-refractivity contribution in [2.24, 2.45) is 0 Å². The molecule has 1 amide bonds. The molecule has 1 saturated carbocycles. The van der Waals surface area contributed by atoms with Crippen LogP contribution in [0.1, 0.15) is 31.2 Å². The number of hydrogen-bond acceptors (Lipinski definition) is 3. The van der Waals surface area contributed by atoms with Crippen molar-refractivity contribution in [3.8, 4) is 0 Å². The second-order valence-corrected chi connectivity index (χ2v) is 5.88. The minimum absolute atomic E-state index is 0.165. The van der Waals surface area contributed by atoms with Crippen LogP contribution in [0.3, 0.4) is 0 Å². The molecule has 0 bridgehead atoms. The van der Waals surface area contributed by atoms with E-state index in [4.69, 9.17) is 4.74 Å². The molecule has 0 aromatic heterocycles. The second-order valence-electron chi connectivity index (χ2n) is 5.88. The van der Waals surface area contributed by atoms with Crippen LogP contribution in [0.15, 0.2) is 30.3 Å². The van der Waals surface area contributed by atoms with Crippen molar-refractivity contribution in [1.82, 2.24) is 10.2 Å². The highest BCUT2D eigenvalue weighted by molar-refractivity contribution is 5.67. The summed E-state index contributed by atoms with van der Waals surface area (Å²) in [5, 5.41) is 2.93. The normalized spacial score (nSPS) is 21.6. The summed E-state index contributed by atoms with van der Waals surface area (Å²) in [7, 11) is 1.96. The molecule has 0 spiro atoms. The molecule has 2 rings (SSSR count). The number of alkyl halides is 1. The van der Waals surface area contributed by atoms with Crippen LogP contribution >= 0.6 is 0 Å². The molecule has 0 saturated heterocycles. The van der Waals surface area contributed by atoms with E-state index < -0.39 is 0 Å². The van der Waals surface area contributed by atoms with E-state index in [9.17, 15) is 9.18 Å². The molecule has 5 heteroatoms. The molecule has 0 unspecified atom stereocenters. The zero-order valence-electron chi connectivity index (χ0n) is 13.1. The highest BCUT2D eigenvalue weighted by Gasteiger charge is 2.25. The van der Waals surface area contributed by atoms with E-state index in [1.54, 1.807) is 0 Å². The number of hydrogen-bond donors (Lipinski definition) is 1. The first-order chi connectivity index (χ1) is 10.7. The third-order valence-electron chi connectivity index (χ3n) is 4.29. The Kier molecular flexibility index (Phi) is 6.65. The molecule has 4 nitrogen and oxygen atoms in total. The van der Waals surface area contributed by atoms with Crippen molar-refractivity contribution in [3.05, 3.63) is 35.9 Å². The Bertz CT molecular complexity index is 447. The van der Waals surface area contributed by atoms with E-state index in [0.29, 0.717) is 19.2 Å². The van der Waals surface area contributed by atoms with Gasteiger partial charge in [-0.25, -0.2) is 9.18 Å². The summed E-state index contributed by atoms with van der Waals surface area (Å²) in [6, 6.07) is 10.2. The standard InChI is InChI=1S/C17H25FN2O2/c1-20(12-11-18)16-9-7-15(8-10-16)19-17(21)22-13-14-5-3-2-4-6-14/h2-6,15-16H,7-13H2,1H3,(H,19,21). The summed E-state index contributed by atoms with van der Waals surface area (Å²) in [4.78, 5) is 13.9. The molecular weight excluding hydrogens is 283 g/mol. The van der Waals surface area contributed by atoms with Gasteiger partial charge in [0.05, 0.1) is 0 Å². The fourth-order valence-corrected chi connectivity index (χ4v) is 2.91. The van der Waals surface area contributed by atoms with Gasteiger partial charge in [0.1, 0.15) is 13.3 Å². The molecule has 0 heterocycles. The smallest absolute Gasteiger partial charge is 0.407 e. The Hall–Kier alpha value is -1.62. The Labute approximate surface area is 131 Å². The van der Waals surface area contributed by atoms with E-state index in [0.717, 1.165) is 31.2 Å². The first kappa shape index (κ1) is 16.7. The Morgan fingerprint density at radius 3 is 2.59 bits per heavy atom. The van der Waals surface area contributed by atoms with E-state index in [2.05, 4.69) is 10.2 Å². The predicted octanol–water partition coefficient (Wildman–Crippen LogP) is 3.13. The number of benzene rings is 1. The summed E-state index contributed by atoms with van der Waals surface area (Å²) in [6.07, 6.45) is 3.45. The van der Waals surface area contributed by atoms with Gasteiger partial charge in [-0.05, 0) is 38.3 Å². The van der Waals surface area contributed by atoms with Crippen LogP contribution < -0.4 is 5.32 Å². The van der Waals surface area contributed by atoms with Crippen LogP contribution in [0.25, 0.3) is 0 Å². The summed E-state index contributed by atoms with van der Waals surface area (Å²) < 4.78 is 17.6. The summed E-state index contributed by atoms with van der Waals surface area (Å²) >= 11 is 0. The van der Waals surface area contributed by atoms with Gasteiger partial charge < -0.3 is 15.0 Å². The van der Waals surface area contributed by atoms with Gasteiger partial charge in [0, 0.05) is 18.6 Å². The van der Waals surface area contributed by atoms with Gasteiger partial charge in [0.2, 0.25) is 0 Å². The van der Waals surface area contributed by atoms with E-state index in [1.807, 2.05) is 37.4 Å². The van der Waals surface area contributed by atoms with E-state index >= 15 is 0 Å². The van der Waals surface area contributed by atoms with Gasteiger partial charge in [-0.15, -0.1) is 0 Å². The molecule has 0 radical (unpaired) electrons. The lowest BCUT2D eigenvalue weighted by atomic mass is 9.90. The quantitative estimate of drug-likeness (QED) is 0.878. The maximum Gasteiger partial charge on any atom is 0.407 e. The van der Waals surface area contributed by atoms with Crippen molar-refractivity contribution >= 4 is 6.09 Å². The van der Waals surface area contributed by atoms with Gasteiger partial charge in [-0.3, -0.25) is 0 Å². The van der Waals surface area contributed by atoms with Gasteiger partial charge in [0.25, 0.3) is 0 Å². The van der Waals surface area contributed by atoms with Gasteiger partial charge in [0.15, 0.2) is 0 Å². The van der Waals surface area contributed by atoms with Crippen molar-refractivity contribution in [2.75, 3.05) is 20.3 Å². The number of carbonyl (C=O) groups is 1. The lowest BCUT2D eigenvalue weighted by Gasteiger charge is -2.34. The van der Waals surface area contributed by atoms with Gasteiger partial charge >= 0.3 is 6.09 Å². The molecule has 1 aromatic carbocycles. The number of nitrogens with zero attached hydrogens (tertiary/aromatic N) is 1. The maximum absolute atomic E-state index is 12.4. The second kappa shape index (κ2) is 8.73. The molecule has 1 aliphatic carbocycles. The average Bonchev–Trinajstić information content (AvgIpc) is 2.55. The topological polar surface area (TPSA) is 41.6 Å². The Balaban J connectivity index is 1.66. The number of nitrogens with one attached hydrogen (secondary N) is 1. The summed E-state index contributed by atoms with van der Waals surface area (Å²) in [5.74, 6) is 0. The van der Waals surface area contributed by atoms with E-state index in [1.165, 1.54) is 0 Å². The molecule has 22 heavy (non-hydrogen) atoms. The third-order valence-corrected chi connectivity index (χ3v) is 4.29. The third kappa shape index (κ3) is 5.30. The van der Waals surface area contributed by atoms with Crippen LogP contribution in [0.4, 0.5) is 9.18 Å². The lowest BCUT2D eigenvalue weighted by molar-refractivity contribution is 0.124. The lowest BCUT2D eigenvalue weighted by Crippen LogP contribution is -2.43. The number of amides is 1. The first-order valence-electron chi connectivity index (χ1n) is 7.92. The average molecular weight is 308 g/mol. The number of alkyl carbamates (subject to hydrolysis) is 1. The van der Waals surface area contributed by atoms with Crippen molar-refractivity contribution in [1.29, 1.82) is 0 Å². The van der Waals surface area contributed by atoms with E-state index in [-0.39, 0.29) is 18.8 Å². The molecule has 1 fully saturated rings. The van der Waals surface area contributed by atoms with Crippen LogP contribution in [0.5, 0.6) is 0 Å². The largest absolute Gasteiger partial charge is 0.445 e. The molecule has 122 valence electrons. The highest BCUT2D eigenvalue weighted by Crippen LogP contribution is 2.22. The first-order valence-corrected chi connectivity index (χ1v) is 7.92. The SMILES string of the molecule is CN(CCF)C1CCC(NC(=O)OCc2ccccc2)CC1. The molecule has 1 N–H and O–H groups in total.